The molecule has 2 rings (SSSR count). The Labute approximate surface area is 165 Å². The van der Waals surface area contributed by atoms with Gasteiger partial charge in [0.2, 0.25) is 5.91 Å². The monoisotopic (exact) mass is 382 g/mol. The number of hydrogen-bond donors (Lipinski definition) is 1. The Morgan fingerprint density at radius 2 is 1.64 bits per heavy atom. The summed E-state index contributed by atoms with van der Waals surface area (Å²) in [5.41, 5.74) is 3.36. The van der Waals surface area contributed by atoms with E-state index in [0.29, 0.717) is 18.6 Å². The Bertz CT molecular complexity index is 775. The molecular weight excluding hydrogens is 356 g/mol. The van der Waals surface area contributed by atoms with Crippen molar-refractivity contribution >= 4 is 18.1 Å². The summed E-state index contributed by atoms with van der Waals surface area (Å²) in [6.07, 6.45) is 5.78. The fourth-order valence-electron chi connectivity index (χ4n) is 2.53. The molecule has 2 aromatic carbocycles. The largest absolute Gasteiger partial charge is 0.469 e. The highest BCUT2D eigenvalue weighted by atomic mass is 16.5. The molecule has 6 nitrogen and oxygen atoms in total. The highest BCUT2D eigenvalue weighted by Crippen LogP contribution is 2.21. The summed E-state index contributed by atoms with van der Waals surface area (Å²) in [6, 6.07) is 17.0. The van der Waals surface area contributed by atoms with Gasteiger partial charge in [-0.15, -0.1) is 0 Å². The van der Waals surface area contributed by atoms with Crippen LogP contribution in [0.25, 0.3) is 0 Å². The molecule has 0 fully saturated rings. The van der Waals surface area contributed by atoms with Gasteiger partial charge in [-0.2, -0.15) is 5.10 Å². The minimum absolute atomic E-state index is 0.124. The van der Waals surface area contributed by atoms with Gasteiger partial charge in [0.1, 0.15) is 11.5 Å². The van der Waals surface area contributed by atoms with E-state index in [1.807, 2.05) is 54.6 Å². The van der Waals surface area contributed by atoms with E-state index in [0.717, 1.165) is 37.0 Å². The number of nitrogens with zero attached hydrogens (tertiary/aromatic N) is 1. The van der Waals surface area contributed by atoms with Crippen molar-refractivity contribution in [1.82, 2.24) is 5.43 Å². The minimum atomic E-state index is -0.190. The highest BCUT2D eigenvalue weighted by Gasteiger charge is 2.02. The van der Waals surface area contributed by atoms with Crippen LogP contribution in [0, 0.1) is 0 Å². The molecule has 6 heteroatoms. The van der Waals surface area contributed by atoms with E-state index in [1.165, 1.54) is 7.11 Å². The first-order valence-electron chi connectivity index (χ1n) is 9.39. The van der Waals surface area contributed by atoms with Gasteiger partial charge in [0.15, 0.2) is 0 Å². The molecule has 0 heterocycles. The van der Waals surface area contributed by atoms with E-state index >= 15 is 0 Å². The standard InChI is InChI=1S/C22H26N2O4/c1-27-22(26)15-8-3-2-7-14-21(25)24-23-17-18-10-9-13-20(16-18)28-19-11-5-4-6-12-19/h4-6,9-13,16-17H,2-3,7-8,14-15H2,1H3,(H,24,25)/b23-17+. The van der Waals surface area contributed by atoms with Gasteiger partial charge in [-0.1, -0.05) is 43.2 Å². The van der Waals surface area contributed by atoms with Gasteiger partial charge >= 0.3 is 5.97 Å². The van der Waals surface area contributed by atoms with Gasteiger partial charge in [-0.05, 0) is 42.7 Å². The SMILES string of the molecule is COC(=O)CCCCCCC(=O)N/N=C/c1cccc(Oc2ccccc2)c1. The zero-order valence-corrected chi connectivity index (χ0v) is 16.1. The summed E-state index contributed by atoms with van der Waals surface area (Å²) in [6.45, 7) is 0. The molecule has 0 aliphatic rings. The Morgan fingerprint density at radius 3 is 2.39 bits per heavy atom. The number of carbonyl (C=O) groups excluding carboxylic acids is 2. The van der Waals surface area contributed by atoms with Crippen molar-refractivity contribution < 1.29 is 19.1 Å². The average molecular weight is 382 g/mol. The second kappa shape index (κ2) is 12.3. The summed E-state index contributed by atoms with van der Waals surface area (Å²) < 4.78 is 10.4. The van der Waals surface area contributed by atoms with Crippen LogP contribution in [0.2, 0.25) is 0 Å². The lowest BCUT2D eigenvalue weighted by Gasteiger charge is -2.05. The van der Waals surface area contributed by atoms with E-state index in [4.69, 9.17) is 4.74 Å². The van der Waals surface area contributed by atoms with E-state index in [9.17, 15) is 9.59 Å². The molecule has 0 radical (unpaired) electrons. The van der Waals surface area contributed by atoms with Crippen LogP contribution in [-0.2, 0) is 14.3 Å². The third-order valence-corrected chi connectivity index (χ3v) is 4.00. The fraction of sp³-hybridized carbons (Fsp3) is 0.318. The number of unbranched alkanes of at least 4 members (excludes halogenated alkanes) is 3. The molecule has 1 amide bonds. The molecule has 1 N–H and O–H groups in total. The lowest BCUT2D eigenvalue weighted by atomic mass is 10.1. The van der Waals surface area contributed by atoms with Crippen molar-refractivity contribution in [2.75, 3.05) is 7.11 Å². The summed E-state index contributed by atoms with van der Waals surface area (Å²) >= 11 is 0. The molecular formula is C22H26N2O4. The Balaban J connectivity index is 1.67. The van der Waals surface area contributed by atoms with E-state index < -0.39 is 0 Å². The van der Waals surface area contributed by atoms with E-state index in [-0.39, 0.29) is 11.9 Å². The molecule has 2 aromatic rings. The first kappa shape index (κ1) is 21.2. The van der Waals surface area contributed by atoms with Crippen LogP contribution in [0.1, 0.15) is 44.1 Å². The molecule has 0 aromatic heterocycles. The Hall–Kier alpha value is -3.15. The first-order valence-corrected chi connectivity index (χ1v) is 9.39. The first-order chi connectivity index (χ1) is 13.7. The summed E-state index contributed by atoms with van der Waals surface area (Å²) in [5.74, 6) is 1.15. The molecule has 0 aliphatic heterocycles. The van der Waals surface area contributed by atoms with E-state index in [1.54, 1.807) is 6.21 Å². The Kier molecular flexibility index (Phi) is 9.27. The molecule has 28 heavy (non-hydrogen) atoms. The zero-order chi connectivity index (χ0) is 20.0. The normalized spacial score (nSPS) is 10.6. The van der Waals surface area contributed by atoms with Crippen LogP contribution in [-0.4, -0.2) is 25.2 Å². The summed E-state index contributed by atoms with van der Waals surface area (Å²) in [4.78, 5) is 22.8. The number of esters is 1. The van der Waals surface area contributed by atoms with Crippen LogP contribution in [0.4, 0.5) is 0 Å². The number of para-hydroxylation sites is 1. The Morgan fingerprint density at radius 1 is 0.929 bits per heavy atom. The maximum Gasteiger partial charge on any atom is 0.305 e. The number of hydrogen-bond acceptors (Lipinski definition) is 5. The van der Waals surface area contributed by atoms with Crippen molar-refractivity contribution in [2.45, 2.75) is 38.5 Å². The maximum absolute atomic E-state index is 11.8. The topological polar surface area (TPSA) is 77.0 Å². The van der Waals surface area contributed by atoms with E-state index in [2.05, 4.69) is 15.3 Å². The number of amides is 1. The van der Waals surface area contributed by atoms with Gasteiger partial charge in [0.05, 0.1) is 13.3 Å². The van der Waals surface area contributed by atoms with Crippen molar-refractivity contribution in [3.63, 3.8) is 0 Å². The summed E-state index contributed by atoms with van der Waals surface area (Å²) in [7, 11) is 1.39. The van der Waals surface area contributed by atoms with Crippen LogP contribution in [0.3, 0.4) is 0 Å². The predicted octanol–water partition coefficient (Wildman–Crippen LogP) is 4.44. The number of benzene rings is 2. The number of hydrazone groups is 1. The van der Waals surface area contributed by atoms with Crippen LogP contribution in [0.5, 0.6) is 11.5 Å². The van der Waals surface area contributed by atoms with Gasteiger partial charge in [0.25, 0.3) is 0 Å². The molecule has 0 unspecified atom stereocenters. The van der Waals surface area contributed by atoms with Gasteiger partial charge in [-0.25, -0.2) is 5.43 Å². The van der Waals surface area contributed by atoms with Crippen LogP contribution >= 0.6 is 0 Å². The maximum atomic E-state index is 11.8. The van der Waals surface area contributed by atoms with Gasteiger partial charge < -0.3 is 9.47 Å². The molecule has 148 valence electrons. The number of rotatable bonds is 11. The lowest BCUT2D eigenvalue weighted by molar-refractivity contribution is -0.140. The molecule has 0 atom stereocenters. The zero-order valence-electron chi connectivity index (χ0n) is 16.1. The fourth-order valence-corrected chi connectivity index (χ4v) is 2.53. The number of carbonyl (C=O) groups is 2. The smallest absolute Gasteiger partial charge is 0.305 e. The van der Waals surface area contributed by atoms with Crippen LogP contribution < -0.4 is 10.2 Å². The second-order valence-corrected chi connectivity index (χ2v) is 6.27. The highest BCUT2D eigenvalue weighted by molar-refractivity contribution is 5.82. The number of methoxy groups -OCH3 is 1. The predicted molar refractivity (Wildman–Crippen MR) is 108 cm³/mol. The third kappa shape index (κ3) is 8.49. The molecule has 0 bridgehead atoms. The van der Waals surface area contributed by atoms with Crippen molar-refractivity contribution in [3.05, 3.63) is 60.2 Å². The lowest BCUT2D eigenvalue weighted by Crippen LogP contribution is -2.16. The second-order valence-electron chi connectivity index (χ2n) is 6.27. The minimum Gasteiger partial charge on any atom is -0.469 e. The number of ether oxygens (including phenoxy) is 2. The van der Waals surface area contributed by atoms with Gasteiger partial charge in [-0.3, -0.25) is 9.59 Å². The average Bonchev–Trinajstić information content (AvgIpc) is 2.71. The molecule has 0 spiro atoms. The summed E-state index contributed by atoms with van der Waals surface area (Å²) in [5, 5.41) is 4.00. The number of nitrogens with one attached hydrogen (secondary N) is 1. The van der Waals surface area contributed by atoms with Crippen molar-refractivity contribution in [1.29, 1.82) is 0 Å². The molecule has 0 saturated heterocycles. The third-order valence-electron chi connectivity index (χ3n) is 4.00. The molecule has 0 saturated carbocycles. The quantitative estimate of drug-likeness (QED) is 0.270. The van der Waals surface area contributed by atoms with Crippen molar-refractivity contribution in [2.24, 2.45) is 5.10 Å². The van der Waals surface area contributed by atoms with Crippen LogP contribution in [0.15, 0.2) is 59.7 Å². The van der Waals surface area contributed by atoms with Gasteiger partial charge in [0, 0.05) is 12.8 Å². The van der Waals surface area contributed by atoms with Crippen molar-refractivity contribution in [3.8, 4) is 11.5 Å². The molecule has 0 aliphatic carbocycles.